The van der Waals surface area contributed by atoms with Crippen LogP contribution in [0.15, 0.2) is 42.5 Å². The highest BCUT2D eigenvalue weighted by Gasteiger charge is 2.21. The lowest BCUT2D eigenvalue weighted by atomic mass is 9.83. The minimum atomic E-state index is -0.528. The first kappa shape index (κ1) is 17.3. The number of ether oxygens (including phenoxy) is 1. The number of aliphatic hydroxyl groups excluding tert-OH is 1. The van der Waals surface area contributed by atoms with Crippen LogP contribution in [0.1, 0.15) is 29.2 Å². The monoisotopic (exact) mass is 345 g/mol. The van der Waals surface area contributed by atoms with E-state index < -0.39 is 6.10 Å². The van der Waals surface area contributed by atoms with E-state index in [4.69, 9.17) is 16.3 Å². The molecule has 0 saturated heterocycles. The van der Waals surface area contributed by atoms with Gasteiger partial charge in [-0.25, -0.2) is 0 Å². The number of fused-ring (bicyclic) bond motifs is 1. The largest absolute Gasteiger partial charge is 0.496 e. The van der Waals surface area contributed by atoms with E-state index in [1.807, 2.05) is 30.3 Å². The summed E-state index contributed by atoms with van der Waals surface area (Å²) in [6.45, 7) is 1.45. The quantitative estimate of drug-likeness (QED) is 0.837. The number of methoxy groups -OCH3 is 1. The average Bonchev–Trinajstić information content (AvgIpc) is 2.61. The molecule has 1 aliphatic carbocycles. The van der Waals surface area contributed by atoms with Gasteiger partial charge < -0.3 is 15.2 Å². The van der Waals surface area contributed by atoms with Crippen molar-refractivity contribution in [3.63, 3.8) is 0 Å². The van der Waals surface area contributed by atoms with Gasteiger partial charge in [-0.1, -0.05) is 35.9 Å². The van der Waals surface area contributed by atoms with E-state index in [1.165, 1.54) is 11.1 Å². The van der Waals surface area contributed by atoms with Crippen molar-refractivity contribution in [2.45, 2.75) is 25.4 Å². The molecule has 4 heteroatoms. The Morgan fingerprint density at radius 2 is 2.12 bits per heavy atom. The normalized spacial score (nSPS) is 18.0. The third-order valence-corrected chi connectivity index (χ3v) is 5.00. The molecular formula is C20H24ClNO2. The number of nitrogens with one attached hydrogen (secondary N) is 1. The second-order valence-electron chi connectivity index (χ2n) is 6.44. The standard InChI is InChI=1S/C20H24ClNO2/c1-24-20-7-3-4-15-10-14(8-9-18(15)20)12-22-13-19(23)16-5-2-6-17(21)11-16/h2-7,11,14,19,22-23H,8-10,12-13H2,1H3. The van der Waals surface area contributed by atoms with Crippen molar-refractivity contribution in [1.82, 2.24) is 5.32 Å². The lowest BCUT2D eigenvalue weighted by molar-refractivity contribution is 0.172. The van der Waals surface area contributed by atoms with E-state index in [0.717, 1.165) is 37.1 Å². The van der Waals surface area contributed by atoms with Gasteiger partial charge in [-0.3, -0.25) is 0 Å². The number of halogens is 1. The molecule has 3 rings (SSSR count). The summed E-state index contributed by atoms with van der Waals surface area (Å²) in [4.78, 5) is 0. The number of aliphatic hydroxyl groups is 1. The summed E-state index contributed by atoms with van der Waals surface area (Å²) in [7, 11) is 1.74. The molecule has 2 aromatic rings. The molecule has 2 atom stereocenters. The maximum atomic E-state index is 10.3. The van der Waals surface area contributed by atoms with Crippen LogP contribution in [0.4, 0.5) is 0 Å². The molecule has 1 aliphatic rings. The van der Waals surface area contributed by atoms with Crippen molar-refractivity contribution in [2.24, 2.45) is 5.92 Å². The zero-order valence-electron chi connectivity index (χ0n) is 14.0. The van der Waals surface area contributed by atoms with Crippen LogP contribution in [0, 0.1) is 5.92 Å². The summed E-state index contributed by atoms with van der Waals surface area (Å²) in [5.74, 6) is 1.60. The van der Waals surface area contributed by atoms with E-state index in [9.17, 15) is 5.11 Å². The smallest absolute Gasteiger partial charge is 0.122 e. The van der Waals surface area contributed by atoms with Gasteiger partial charge in [-0.15, -0.1) is 0 Å². The Kier molecular flexibility index (Phi) is 5.77. The number of hydrogen-bond donors (Lipinski definition) is 2. The molecule has 128 valence electrons. The van der Waals surface area contributed by atoms with Gasteiger partial charge in [0.1, 0.15) is 5.75 Å². The van der Waals surface area contributed by atoms with Crippen molar-refractivity contribution < 1.29 is 9.84 Å². The second-order valence-corrected chi connectivity index (χ2v) is 6.87. The molecule has 2 N–H and O–H groups in total. The highest BCUT2D eigenvalue weighted by atomic mass is 35.5. The second kappa shape index (κ2) is 8.02. The maximum Gasteiger partial charge on any atom is 0.122 e. The third kappa shape index (κ3) is 4.10. The minimum Gasteiger partial charge on any atom is -0.496 e. The van der Waals surface area contributed by atoms with Crippen LogP contribution in [-0.4, -0.2) is 25.3 Å². The molecule has 0 fully saturated rings. The van der Waals surface area contributed by atoms with Crippen molar-refractivity contribution in [2.75, 3.05) is 20.2 Å². The molecule has 2 unspecified atom stereocenters. The molecule has 0 bridgehead atoms. The number of rotatable bonds is 6. The predicted molar refractivity (Wildman–Crippen MR) is 97.8 cm³/mol. The van der Waals surface area contributed by atoms with Crippen molar-refractivity contribution in [1.29, 1.82) is 0 Å². The van der Waals surface area contributed by atoms with Gasteiger partial charge in [0.15, 0.2) is 0 Å². The molecule has 24 heavy (non-hydrogen) atoms. The fourth-order valence-corrected chi connectivity index (χ4v) is 3.67. The first-order chi connectivity index (χ1) is 11.7. The van der Waals surface area contributed by atoms with Crippen LogP contribution in [0.5, 0.6) is 5.75 Å². The predicted octanol–water partition coefficient (Wildman–Crippen LogP) is 3.78. The molecule has 3 nitrogen and oxygen atoms in total. The molecule has 0 heterocycles. The van der Waals surface area contributed by atoms with Crippen LogP contribution >= 0.6 is 11.6 Å². The Balaban J connectivity index is 1.51. The minimum absolute atomic E-state index is 0.528. The van der Waals surface area contributed by atoms with Crippen LogP contribution in [0.2, 0.25) is 5.02 Å². The van der Waals surface area contributed by atoms with Crippen LogP contribution in [0.25, 0.3) is 0 Å². The van der Waals surface area contributed by atoms with Crippen molar-refractivity contribution in [3.8, 4) is 5.75 Å². The molecule has 0 saturated carbocycles. The van der Waals surface area contributed by atoms with E-state index in [0.29, 0.717) is 17.5 Å². The van der Waals surface area contributed by atoms with Gasteiger partial charge in [-0.05, 0) is 66.6 Å². The SMILES string of the molecule is COc1cccc2c1CCC(CNCC(O)c1cccc(Cl)c1)C2. The summed E-state index contributed by atoms with van der Waals surface area (Å²) in [5.41, 5.74) is 3.60. The third-order valence-electron chi connectivity index (χ3n) is 4.77. The van der Waals surface area contributed by atoms with Crippen LogP contribution in [0.3, 0.4) is 0 Å². The Labute approximate surface area is 148 Å². The molecule has 2 aromatic carbocycles. The zero-order valence-corrected chi connectivity index (χ0v) is 14.7. The van der Waals surface area contributed by atoms with E-state index >= 15 is 0 Å². The number of benzene rings is 2. The summed E-state index contributed by atoms with van der Waals surface area (Å²) >= 11 is 5.98. The first-order valence-corrected chi connectivity index (χ1v) is 8.84. The van der Waals surface area contributed by atoms with Gasteiger partial charge in [0.25, 0.3) is 0 Å². The van der Waals surface area contributed by atoms with Crippen LogP contribution < -0.4 is 10.1 Å². The summed E-state index contributed by atoms with van der Waals surface area (Å²) in [6.07, 6.45) is 2.74. The lowest BCUT2D eigenvalue weighted by Gasteiger charge is -2.26. The van der Waals surface area contributed by atoms with E-state index in [2.05, 4.69) is 17.4 Å². The van der Waals surface area contributed by atoms with Gasteiger partial charge in [-0.2, -0.15) is 0 Å². The van der Waals surface area contributed by atoms with E-state index in [-0.39, 0.29) is 0 Å². The van der Waals surface area contributed by atoms with Gasteiger partial charge in [0.05, 0.1) is 13.2 Å². The highest BCUT2D eigenvalue weighted by Crippen LogP contribution is 2.31. The molecule has 0 amide bonds. The molecular weight excluding hydrogens is 322 g/mol. The fraction of sp³-hybridized carbons (Fsp3) is 0.400. The average molecular weight is 346 g/mol. The van der Waals surface area contributed by atoms with Crippen molar-refractivity contribution in [3.05, 3.63) is 64.2 Å². The molecule has 0 spiro atoms. The first-order valence-electron chi connectivity index (χ1n) is 8.46. The Morgan fingerprint density at radius 1 is 1.29 bits per heavy atom. The Morgan fingerprint density at radius 3 is 2.92 bits per heavy atom. The van der Waals surface area contributed by atoms with Gasteiger partial charge in [0, 0.05) is 11.6 Å². The summed E-state index contributed by atoms with van der Waals surface area (Å²) in [6, 6.07) is 13.7. The highest BCUT2D eigenvalue weighted by molar-refractivity contribution is 6.30. The lowest BCUT2D eigenvalue weighted by Crippen LogP contribution is -2.30. The zero-order chi connectivity index (χ0) is 16.9. The van der Waals surface area contributed by atoms with E-state index in [1.54, 1.807) is 7.11 Å². The van der Waals surface area contributed by atoms with Gasteiger partial charge in [0.2, 0.25) is 0 Å². The molecule has 0 radical (unpaired) electrons. The summed E-state index contributed by atoms with van der Waals surface area (Å²) < 4.78 is 5.46. The Hall–Kier alpha value is -1.55. The van der Waals surface area contributed by atoms with Gasteiger partial charge >= 0.3 is 0 Å². The molecule has 0 aromatic heterocycles. The number of hydrogen-bond acceptors (Lipinski definition) is 3. The topological polar surface area (TPSA) is 41.5 Å². The Bertz CT molecular complexity index is 689. The van der Waals surface area contributed by atoms with Crippen LogP contribution in [-0.2, 0) is 12.8 Å². The fourth-order valence-electron chi connectivity index (χ4n) is 3.47. The summed E-state index contributed by atoms with van der Waals surface area (Å²) in [5, 5.41) is 14.3. The maximum absolute atomic E-state index is 10.3. The van der Waals surface area contributed by atoms with Crippen molar-refractivity contribution >= 4 is 11.6 Å². The molecule has 0 aliphatic heterocycles.